The van der Waals surface area contributed by atoms with E-state index in [1.54, 1.807) is 24.3 Å². The molecule has 0 spiro atoms. The second kappa shape index (κ2) is 5.92. The van der Waals surface area contributed by atoms with Gasteiger partial charge in [0.15, 0.2) is 0 Å². The molecular formula is C14H19N3O2S. The SMILES string of the molecule is C[C@H]1CN(S(=O)(=O)Cc2cccc(C#N)c2)C[C@H](C)N1. The van der Waals surface area contributed by atoms with Gasteiger partial charge < -0.3 is 5.32 Å². The third-order valence-corrected chi connectivity index (χ3v) is 5.11. The van der Waals surface area contributed by atoms with Crippen LogP contribution in [0.25, 0.3) is 0 Å². The summed E-state index contributed by atoms with van der Waals surface area (Å²) in [4.78, 5) is 0. The zero-order valence-corrected chi connectivity index (χ0v) is 12.5. The van der Waals surface area contributed by atoms with Crippen molar-refractivity contribution in [2.75, 3.05) is 13.1 Å². The van der Waals surface area contributed by atoms with Gasteiger partial charge in [-0.15, -0.1) is 0 Å². The smallest absolute Gasteiger partial charge is 0.218 e. The molecule has 2 rings (SSSR count). The predicted molar refractivity (Wildman–Crippen MR) is 77.4 cm³/mol. The molecule has 20 heavy (non-hydrogen) atoms. The minimum atomic E-state index is -3.34. The number of benzene rings is 1. The van der Waals surface area contributed by atoms with Gasteiger partial charge in [-0.05, 0) is 31.5 Å². The molecule has 1 heterocycles. The topological polar surface area (TPSA) is 73.2 Å². The molecule has 108 valence electrons. The van der Waals surface area contributed by atoms with Gasteiger partial charge in [0.25, 0.3) is 0 Å². The fourth-order valence-electron chi connectivity index (χ4n) is 2.54. The maximum Gasteiger partial charge on any atom is 0.218 e. The fraction of sp³-hybridized carbons (Fsp3) is 0.500. The van der Waals surface area contributed by atoms with Crippen molar-refractivity contribution in [1.29, 1.82) is 5.26 Å². The molecule has 6 heteroatoms. The van der Waals surface area contributed by atoms with E-state index in [0.29, 0.717) is 24.2 Å². The van der Waals surface area contributed by atoms with E-state index < -0.39 is 10.0 Å². The Kier molecular flexibility index (Phi) is 4.43. The fourth-order valence-corrected chi connectivity index (χ4v) is 4.22. The standard InChI is InChI=1S/C14H19N3O2S/c1-11-8-17(9-12(2)16-11)20(18,19)10-14-5-3-4-13(6-14)7-15/h3-6,11-12,16H,8-10H2,1-2H3/t11-,12-/m0/s1. The highest BCUT2D eigenvalue weighted by Crippen LogP contribution is 2.15. The molecule has 1 aromatic carbocycles. The van der Waals surface area contributed by atoms with E-state index in [0.717, 1.165) is 0 Å². The van der Waals surface area contributed by atoms with Crippen LogP contribution in [0.15, 0.2) is 24.3 Å². The Labute approximate surface area is 120 Å². The Balaban J connectivity index is 2.16. The van der Waals surface area contributed by atoms with Crippen molar-refractivity contribution in [3.63, 3.8) is 0 Å². The number of hydrogen-bond acceptors (Lipinski definition) is 4. The molecule has 1 N–H and O–H groups in total. The minimum absolute atomic E-state index is 0.0536. The van der Waals surface area contributed by atoms with Crippen molar-refractivity contribution < 1.29 is 8.42 Å². The van der Waals surface area contributed by atoms with E-state index in [1.807, 2.05) is 19.9 Å². The summed E-state index contributed by atoms with van der Waals surface area (Å²) >= 11 is 0. The molecule has 1 fully saturated rings. The molecule has 0 bridgehead atoms. The van der Waals surface area contributed by atoms with Crippen LogP contribution < -0.4 is 5.32 Å². The number of nitrogens with one attached hydrogen (secondary N) is 1. The average Bonchev–Trinajstić information content (AvgIpc) is 2.37. The zero-order valence-electron chi connectivity index (χ0n) is 11.7. The van der Waals surface area contributed by atoms with Crippen molar-refractivity contribution >= 4 is 10.0 Å². The van der Waals surface area contributed by atoms with Gasteiger partial charge in [-0.1, -0.05) is 12.1 Å². The summed E-state index contributed by atoms with van der Waals surface area (Å²) in [7, 11) is -3.34. The van der Waals surface area contributed by atoms with Gasteiger partial charge in [-0.3, -0.25) is 0 Å². The van der Waals surface area contributed by atoms with Gasteiger partial charge in [0.05, 0.1) is 17.4 Å². The van der Waals surface area contributed by atoms with Crippen molar-refractivity contribution in [3.05, 3.63) is 35.4 Å². The molecule has 0 aromatic heterocycles. The van der Waals surface area contributed by atoms with E-state index in [1.165, 1.54) is 4.31 Å². The van der Waals surface area contributed by atoms with E-state index in [4.69, 9.17) is 5.26 Å². The van der Waals surface area contributed by atoms with Crippen LogP contribution in [0.2, 0.25) is 0 Å². The van der Waals surface area contributed by atoms with Crippen LogP contribution >= 0.6 is 0 Å². The van der Waals surface area contributed by atoms with Gasteiger partial charge in [0.2, 0.25) is 10.0 Å². The molecule has 0 unspecified atom stereocenters. The number of sulfonamides is 1. The Morgan fingerprint density at radius 3 is 2.60 bits per heavy atom. The first-order valence-corrected chi connectivity index (χ1v) is 8.24. The minimum Gasteiger partial charge on any atom is -0.309 e. The third kappa shape index (κ3) is 3.57. The highest BCUT2D eigenvalue weighted by atomic mass is 32.2. The van der Waals surface area contributed by atoms with Crippen LogP contribution in [0.4, 0.5) is 0 Å². The Morgan fingerprint density at radius 1 is 1.35 bits per heavy atom. The Hall–Kier alpha value is -1.42. The molecule has 5 nitrogen and oxygen atoms in total. The maximum atomic E-state index is 12.5. The Morgan fingerprint density at radius 2 is 2.00 bits per heavy atom. The summed E-state index contributed by atoms with van der Waals surface area (Å²) < 4.78 is 26.5. The largest absolute Gasteiger partial charge is 0.309 e. The highest BCUT2D eigenvalue weighted by molar-refractivity contribution is 7.88. The van der Waals surface area contributed by atoms with Gasteiger partial charge in [0, 0.05) is 25.2 Å². The summed E-state index contributed by atoms with van der Waals surface area (Å²) in [5.41, 5.74) is 1.14. The lowest BCUT2D eigenvalue weighted by atomic mass is 10.2. The number of piperazine rings is 1. The van der Waals surface area contributed by atoms with Crippen molar-refractivity contribution in [3.8, 4) is 6.07 Å². The van der Waals surface area contributed by atoms with Crippen LogP contribution in [0.1, 0.15) is 25.0 Å². The first kappa shape index (κ1) is 15.0. The van der Waals surface area contributed by atoms with Gasteiger partial charge in [0.1, 0.15) is 0 Å². The first-order valence-electron chi connectivity index (χ1n) is 6.63. The van der Waals surface area contributed by atoms with E-state index in [2.05, 4.69) is 5.32 Å². The highest BCUT2D eigenvalue weighted by Gasteiger charge is 2.30. The second-order valence-electron chi connectivity index (χ2n) is 5.35. The molecule has 0 saturated carbocycles. The van der Waals surface area contributed by atoms with Crippen LogP contribution in [0.3, 0.4) is 0 Å². The summed E-state index contributed by atoms with van der Waals surface area (Å²) in [5, 5.41) is 12.2. The molecule has 1 aliphatic rings. The summed E-state index contributed by atoms with van der Waals surface area (Å²) in [6, 6.07) is 9.09. The molecular weight excluding hydrogens is 274 g/mol. The third-order valence-electron chi connectivity index (χ3n) is 3.32. The molecule has 0 amide bonds. The van der Waals surface area contributed by atoms with E-state index in [-0.39, 0.29) is 17.8 Å². The van der Waals surface area contributed by atoms with E-state index in [9.17, 15) is 8.42 Å². The van der Waals surface area contributed by atoms with Crippen molar-refractivity contribution in [2.45, 2.75) is 31.7 Å². The molecule has 0 radical (unpaired) electrons. The van der Waals surface area contributed by atoms with Crippen molar-refractivity contribution in [2.24, 2.45) is 0 Å². The number of rotatable bonds is 3. The van der Waals surface area contributed by atoms with Crippen LogP contribution in [-0.4, -0.2) is 37.9 Å². The maximum absolute atomic E-state index is 12.5. The summed E-state index contributed by atoms with van der Waals surface area (Å²) in [6.45, 7) is 4.94. The average molecular weight is 293 g/mol. The monoisotopic (exact) mass is 293 g/mol. The lowest BCUT2D eigenvalue weighted by Crippen LogP contribution is -2.55. The summed E-state index contributed by atoms with van der Waals surface area (Å²) in [5.74, 6) is -0.0536. The summed E-state index contributed by atoms with van der Waals surface area (Å²) in [6.07, 6.45) is 0. The molecule has 2 atom stereocenters. The molecule has 1 saturated heterocycles. The van der Waals surface area contributed by atoms with Crippen LogP contribution in [0.5, 0.6) is 0 Å². The number of nitrogens with zero attached hydrogens (tertiary/aromatic N) is 2. The molecule has 0 aliphatic carbocycles. The molecule has 1 aromatic rings. The van der Waals surface area contributed by atoms with Crippen molar-refractivity contribution in [1.82, 2.24) is 9.62 Å². The zero-order chi connectivity index (χ0) is 14.8. The predicted octanol–water partition coefficient (Wildman–Crippen LogP) is 1.07. The quantitative estimate of drug-likeness (QED) is 0.905. The Bertz CT molecular complexity index is 612. The normalized spacial score (nSPS) is 24.2. The van der Waals surface area contributed by atoms with Crippen LogP contribution in [-0.2, 0) is 15.8 Å². The van der Waals surface area contributed by atoms with Gasteiger partial charge in [-0.2, -0.15) is 9.57 Å². The lowest BCUT2D eigenvalue weighted by Gasteiger charge is -2.35. The number of hydrogen-bond donors (Lipinski definition) is 1. The van der Waals surface area contributed by atoms with E-state index >= 15 is 0 Å². The van der Waals surface area contributed by atoms with Crippen LogP contribution in [0, 0.1) is 11.3 Å². The number of nitriles is 1. The van der Waals surface area contributed by atoms with Gasteiger partial charge in [-0.25, -0.2) is 8.42 Å². The van der Waals surface area contributed by atoms with Gasteiger partial charge >= 0.3 is 0 Å². The first-order chi connectivity index (χ1) is 9.40. The lowest BCUT2D eigenvalue weighted by molar-refractivity contribution is 0.262. The second-order valence-corrected chi connectivity index (χ2v) is 7.32. The molecule has 1 aliphatic heterocycles.